The van der Waals surface area contributed by atoms with Crippen molar-refractivity contribution in [1.82, 2.24) is 0 Å². The van der Waals surface area contributed by atoms with Crippen LogP contribution in [0, 0.1) is 6.92 Å². The summed E-state index contributed by atoms with van der Waals surface area (Å²) >= 11 is 0. The fourth-order valence-electron chi connectivity index (χ4n) is 3.24. The SMILES string of the molecule is CCOC(=O)c1c(C)oc(NC(=O)COC(=O)C2(c3ccccc3)CC2)c1C(N)=O. The highest BCUT2D eigenvalue weighted by Gasteiger charge is 2.52. The molecule has 1 fully saturated rings. The summed E-state index contributed by atoms with van der Waals surface area (Å²) in [5, 5.41) is 2.33. The smallest absolute Gasteiger partial charge is 0.342 e. The van der Waals surface area contributed by atoms with E-state index in [-0.39, 0.29) is 29.4 Å². The van der Waals surface area contributed by atoms with Crippen LogP contribution in [0.3, 0.4) is 0 Å². The van der Waals surface area contributed by atoms with E-state index in [0.717, 1.165) is 5.56 Å². The number of amides is 2. The standard InChI is InChI=1S/C21H22N2O7/c1-3-28-19(26)15-12(2)30-18(16(15)17(22)25)23-14(24)11-29-20(27)21(9-10-21)13-7-5-4-6-8-13/h4-8H,3,9-11H2,1-2H3,(H2,22,25)(H,23,24). The van der Waals surface area contributed by atoms with Gasteiger partial charge >= 0.3 is 11.9 Å². The number of carbonyl (C=O) groups is 4. The minimum absolute atomic E-state index is 0.0653. The molecule has 0 unspecified atom stereocenters. The molecule has 2 amide bonds. The highest BCUT2D eigenvalue weighted by molar-refractivity contribution is 6.10. The number of furan rings is 1. The van der Waals surface area contributed by atoms with Gasteiger partial charge in [-0.15, -0.1) is 0 Å². The fourth-order valence-corrected chi connectivity index (χ4v) is 3.24. The van der Waals surface area contributed by atoms with Crippen LogP contribution in [0.2, 0.25) is 0 Å². The molecule has 30 heavy (non-hydrogen) atoms. The molecule has 0 aliphatic heterocycles. The summed E-state index contributed by atoms with van der Waals surface area (Å²) in [6.45, 7) is 2.55. The molecule has 1 heterocycles. The van der Waals surface area contributed by atoms with Crippen LogP contribution >= 0.6 is 0 Å². The number of nitrogens with two attached hydrogens (primary N) is 1. The monoisotopic (exact) mass is 414 g/mol. The summed E-state index contributed by atoms with van der Waals surface area (Å²) in [5.74, 6) is -3.23. The first kappa shape index (κ1) is 21.1. The van der Waals surface area contributed by atoms with E-state index in [0.29, 0.717) is 12.8 Å². The van der Waals surface area contributed by atoms with Crippen LogP contribution in [-0.4, -0.2) is 37.0 Å². The Morgan fingerprint density at radius 2 is 1.77 bits per heavy atom. The Hall–Kier alpha value is -3.62. The number of nitrogens with one attached hydrogen (secondary N) is 1. The van der Waals surface area contributed by atoms with Crippen LogP contribution in [0.15, 0.2) is 34.7 Å². The van der Waals surface area contributed by atoms with Crippen LogP contribution in [0.5, 0.6) is 0 Å². The number of hydrogen-bond donors (Lipinski definition) is 2. The summed E-state index contributed by atoms with van der Waals surface area (Å²) in [6, 6.07) is 9.21. The molecule has 0 atom stereocenters. The molecule has 1 aliphatic carbocycles. The third kappa shape index (κ3) is 4.05. The topological polar surface area (TPSA) is 138 Å². The molecule has 9 nitrogen and oxygen atoms in total. The number of rotatable bonds is 8. The predicted molar refractivity (Wildman–Crippen MR) is 105 cm³/mol. The zero-order valence-electron chi connectivity index (χ0n) is 16.7. The molecule has 0 saturated heterocycles. The van der Waals surface area contributed by atoms with Gasteiger partial charge in [-0.1, -0.05) is 30.3 Å². The van der Waals surface area contributed by atoms with Gasteiger partial charge in [-0.05, 0) is 32.3 Å². The first-order chi connectivity index (χ1) is 14.3. The Balaban J connectivity index is 1.68. The predicted octanol–water partition coefficient (Wildman–Crippen LogP) is 2.08. The van der Waals surface area contributed by atoms with Crippen LogP contribution in [0.25, 0.3) is 0 Å². The number of ether oxygens (including phenoxy) is 2. The van der Waals surface area contributed by atoms with Crippen molar-refractivity contribution in [2.24, 2.45) is 5.73 Å². The number of benzene rings is 1. The number of anilines is 1. The molecule has 9 heteroatoms. The number of aryl methyl sites for hydroxylation is 1. The minimum Gasteiger partial charge on any atom is -0.462 e. The lowest BCUT2D eigenvalue weighted by Gasteiger charge is -2.14. The Morgan fingerprint density at radius 1 is 1.10 bits per heavy atom. The van der Waals surface area contributed by atoms with Gasteiger partial charge in [-0.3, -0.25) is 19.7 Å². The van der Waals surface area contributed by atoms with Crippen LogP contribution in [-0.2, 0) is 24.5 Å². The van der Waals surface area contributed by atoms with Gasteiger partial charge in [0, 0.05) is 0 Å². The average molecular weight is 414 g/mol. The lowest BCUT2D eigenvalue weighted by atomic mass is 9.96. The molecule has 1 aromatic heterocycles. The highest BCUT2D eigenvalue weighted by Crippen LogP contribution is 2.49. The second kappa shape index (κ2) is 8.40. The number of primary amides is 1. The normalized spacial score (nSPS) is 13.9. The van der Waals surface area contributed by atoms with Crippen LogP contribution in [0.4, 0.5) is 5.88 Å². The van der Waals surface area contributed by atoms with E-state index in [2.05, 4.69) is 5.32 Å². The summed E-state index contributed by atoms with van der Waals surface area (Å²) in [4.78, 5) is 48.7. The lowest BCUT2D eigenvalue weighted by molar-refractivity contribution is -0.150. The molecule has 1 saturated carbocycles. The Bertz CT molecular complexity index is 990. The zero-order valence-corrected chi connectivity index (χ0v) is 16.7. The maximum absolute atomic E-state index is 12.5. The number of hydrogen-bond acceptors (Lipinski definition) is 7. The van der Waals surface area contributed by atoms with Crippen molar-refractivity contribution in [2.45, 2.75) is 32.1 Å². The van der Waals surface area contributed by atoms with Crippen LogP contribution in [0.1, 0.15) is 51.8 Å². The first-order valence-corrected chi connectivity index (χ1v) is 9.43. The minimum atomic E-state index is -0.969. The van der Waals surface area contributed by atoms with Crippen LogP contribution < -0.4 is 11.1 Å². The third-order valence-corrected chi connectivity index (χ3v) is 4.86. The van der Waals surface area contributed by atoms with E-state index in [4.69, 9.17) is 19.6 Å². The van der Waals surface area contributed by atoms with Gasteiger partial charge < -0.3 is 19.6 Å². The molecule has 3 N–H and O–H groups in total. The molecule has 3 rings (SSSR count). The summed E-state index contributed by atoms with van der Waals surface area (Å²) in [5.41, 5.74) is 5.01. The first-order valence-electron chi connectivity index (χ1n) is 9.43. The van der Waals surface area contributed by atoms with Crippen molar-refractivity contribution in [2.75, 3.05) is 18.5 Å². The van der Waals surface area contributed by atoms with E-state index in [1.54, 1.807) is 6.92 Å². The number of esters is 2. The quantitative estimate of drug-likeness (QED) is 0.631. The maximum atomic E-state index is 12.5. The van der Waals surface area contributed by atoms with Gasteiger partial charge in [0.15, 0.2) is 6.61 Å². The van der Waals surface area contributed by atoms with Crippen molar-refractivity contribution in [3.05, 3.63) is 52.8 Å². The van der Waals surface area contributed by atoms with Gasteiger partial charge in [0.05, 0.1) is 12.0 Å². The van der Waals surface area contributed by atoms with E-state index in [9.17, 15) is 19.2 Å². The molecule has 0 radical (unpaired) electrons. The summed E-state index contributed by atoms with van der Waals surface area (Å²) in [6.07, 6.45) is 1.28. The zero-order chi connectivity index (χ0) is 21.9. The van der Waals surface area contributed by atoms with Crippen molar-refractivity contribution in [3.8, 4) is 0 Å². The third-order valence-electron chi connectivity index (χ3n) is 4.86. The van der Waals surface area contributed by atoms with Crippen molar-refractivity contribution in [3.63, 3.8) is 0 Å². The van der Waals surface area contributed by atoms with Gasteiger partial charge in [-0.25, -0.2) is 4.79 Å². The average Bonchev–Trinajstić information content (AvgIpc) is 3.46. The van der Waals surface area contributed by atoms with Gasteiger partial charge in [0.2, 0.25) is 5.88 Å². The van der Waals surface area contributed by atoms with E-state index >= 15 is 0 Å². The molecular weight excluding hydrogens is 392 g/mol. The Kier molecular flexibility index (Phi) is 5.91. The fraction of sp³-hybridized carbons (Fsp3) is 0.333. The van der Waals surface area contributed by atoms with E-state index < -0.39 is 35.8 Å². The van der Waals surface area contributed by atoms with Gasteiger partial charge in [0.1, 0.15) is 16.9 Å². The van der Waals surface area contributed by atoms with E-state index in [1.165, 1.54) is 6.92 Å². The molecular formula is C21H22N2O7. The summed E-state index contributed by atoms with van der Waals surface area (Å²) in [7, 11) is 0. The lowest BCUT2D eigenvalue weighted by Crippen LogP contribution is -2.28. The van der Waals surface area contributed by atoms with Crippen molar-refractivity contribution >= 4 is 29.6 Å². The molecule has 1 aliphatic rings. The van der Waals surface area contributed by atoms with Gasteiger partial charge in [0.25, 0.3) is 11.8 Å². The van der Waals surface area contributed by atoms with Gasteiger partial charge in [-0.2, -0.15) is 0 Å². The number of carbonyl (C=O) groups excluding carboxylic acids is 4. The molecule has 158 valence electrons. The summed E-state index contributed by atoms with van der Waals surface area (Å²) < 4.78 is 15.4. The molecule has 0 bridgehead atoms. The molecule has 2 aromatic rings. The largest absolute Gasteiger partial charge is 0.462 e. The maximum Gasteiger partial charge on any atom is 0.342 e. The second-order valence-electron chi connectivity index (χ2n) is 6.89. The van der Waals surface area contributed by atoms with Crippen molar-refractivity contribution in [1.29, 1.82) is 0 Å². The molecule has 1 aromatic carbocycles. The molecule has 0 spiro atoms. The van der Waals surface area contributed by atoms with Crippen molar-refractivity contribution < 1.29 is 33.1 Å². The Labute approximate surface area is 172 Å². The second-order valence-corrected chi connectivity index (χ2v) is 6.89. The van der Waals surface area contributed by atoms with E-state index in [1.807, 2.05) is 30.3 Å². The highest BCUT2D eigenvalue weighted by atomic mass is 16.5. The Morgan fingerprint density at radius 3 is 2.33 bits per heavy atom.